The highest BCUT2D eigenvalue weighted by Crippen LogP contribution is 2.35. The molecule has 1 saturated heterocycles. The summed E-state index contributed by atoms with van der Waals surface area (Å²) < 4.78 is 7.09. The zero-order valence-electron chi connectivity index (χ0n) is 16.5. The molecule has 0 atom stereocenters. The van der Waals surface area contributed by atoms with E-state index in [1.807, 2.05) is 31.2 Å². The van der Waals surface area contributed by atoms with Gasteiger partial charge < -0.3 is 9.52 Å². The van der Waals surface area contributed by atoms with Crippen molar-refractivity contribution in [3.8, 4) is 16.3 Å². The molecule has 0 radical (unpaired) electrons. The number of aromatic nitrogens is 1. The number of aromatic hydroxyl groups is 1. The molecule has 4 aromatic rings. The van der Waals surface area contributed by atoms with E-state index in [9.17, 15) is 9.90 Å². The van der Waals surface area contributed by atoms with Crippen LogP contribution in [0.25, 0.3) is 31.8 Å². The van der Waals surface area contributed by atoms with Crippen molar-refractivity contribution in [1.82, 2.24) is 9.88 Å². The van der Waals surface area contributed by atoms with Gasteiger partial charge >= 0.3 is 0 Å². The highest BCUT2D eigenvalue weighted by Gasteiger charge is 2.22. The molecule has 5 rings (SSSR count). The Balaban J connectivity index is 1.71. The lowest BCUT2D eigenvalue weighted by atomic mass is 10.0. The zero-order chi connectivity index (χ0) is 20.1. The smallest absolute Gasteiger partial charge is 0.203 e. The molecule has 0 spiro atoms. The Morgan fingerprint density at radius 2 is 1.97 bits per heavy atom. The molecule has 0 aliphatic carbocycles. The lowest BCUT2D eigenvalue weighted by Gasteiger charge is -2.17. The maximum absolute atomic E-state index is 13.5. The first-order chi connectivity index (χ1) is 14.0. The van der Waals surface area contributed by atoms with E-state index in [1.165, 1.54) is 24.2 Å². The first-order valence-electron chi connectivity index (χ1n) is 9.90. The third-order valence-electron chi connectivity index (χ3n) is 5.74. The van der Waals surface area contributed by atoms with Gasteiger partial charge in [-0.25, -0.2) is 4.98 Å². The quantitative estimate of drug-likeness (QED) is 0.519. The van der Waals surface area contributed by atoms with Crippen molar-refractivity contribution in [2.75, 3.05) is 13.1 Å². The summed E-state index contributed by atoms with van der Waals surface area (Å²) in [5, 5.41) is 11.9. The Morgan fingerprint density at radius 1 is 1.21 bits per heavy atom. The number of phenolic OH excluding ortho intramolecular Hbond substituents is 1. The summed E-state index contributed by atoms with van der Waals surface area (Å²) in [5.41, 5.74) is 3.16. The lowest BCUT2D eigenvalue weighted by Crippen LogP contribution is -2.19. The van der Waals surface area contributed by atoms with Crippen molar-refractivity contribution in [3.63, 3.8) is 0 Å². The molecule has 0 amide bonds. The van der Waals surface area contributed by atoms with Gasteiger partial charge in [0.15, 0.2) is 0 Å². The van der Waals surface area contributed by atoms with Crippen LogP contribution in [0.1, 0.15) is 29.7 Å². The number of phenols is 1. The second-order valence-electron chi connectivity index (χ2n) is 7.72. The van der Waals surface area contributed by atoms with Crippen LogP contribution in [0.4, 0.5) is 0 Å². The predicted molar refractivity (Wildman–Crippen MR) is 117 cm³/mol. The second-order valence-corrected chi connectivity index (χ2v) is 8.75. The van der Waals surface area contributed by atoms with E-state index < -0.39 is 0 Å². The molecule has 148 valence electrons. The summed E-state index contributed by atoms with van der Waals surface area (Å²) >= 11 is 1.50. The number of nitrogens with zero attached hydrogens (tertiary/aromatic N) is 2. The van der Waals surface area contributed by atoms with Crippen LogP contribution in [-0.4, -0.2) is 28.1 Å². The maximum Gasteiger partial charge on any atom is 0.203 e. The van der Waals surface area contributed by atoms with Crippen LogP contribution in [0, 0.1) is 13.8 Å². The lowest BCUT2D eigenvalue weighted by molar-refractivity contribution is 0.324. The van der Waals surface area contributed by atoms with E-state index >= 15 is 0 Å². The van der Waals surface area contributed by atoms with E-state index in [1.54, 1.807) is 13.0 Å². The Morgan fingerprint density at radius 3 is 2.72 bits per heavy atom. The van der Waals surface area contributed by atoms with Crippen molar-refractivity contribution < 1.29 is 9.52 Å². The number of benzene rings is 2. The third kappa shape index (κ3) is 3.03. The zero-order valence-corrected chi connectivity index (χ0v) is 17.3. The summed E-state index contributed by atoms with van der Waals surface area (Å²) in [6.45, 7) is 6.29. The molecule has 6 heteroatoms. The van der Waals surface area contributed by atoms with Crippen molar-refractivity contribution in [2.45, 2.75) is 33.2 Å². The van der Waals surface area contributed by atoms with E-state index in [0.717, 1.165) is 28.9 Å². The molecule has 29 heavy (non-hydrogen) atoms. The van der Waals surface area contributed by atoms with Gasteiger partial charge in [-0.05, 0) is 58.0 Å². The number of fused-ring (bicyclic) bond motifs is 2. The van der Waals surface area contributed by atoms with Gasteiger partial charge in [-0.2, -0.15) is 0 Å². The molecule has 1 fully saturated rings. The number of thiazole rings is 1. The van der Waals surface area contributed by atoms with Crippen molar-refractivity contribution in [2.24, 2.45) is 0 Å². The fourth-order valence-corrected chi connectivity index (χ4v) is 5.24. The van der Waals surface area contributed by atoms with Crippen LogP contribution in [0.3, 0.4) is 0 Å². The van der Waals surface area contributed by atoms with Gasteiger partial charge in [0, 0.05) is 17.7 Å². The molecule has 1 aliphatic heterocycles. The minimum Gasteiger partial charge on any atom is -0.507 e. The van der Waals surface area contributed by atoms with Crippen LogP contribution in [0.5, 0.6) is 5.75 Å². The Bertz CT molecular complexity index is 1270. The van der Waals surface area contributed by atoms with Crippen LogP contribution >= 0.6 is 11.3 Å². The van der Waals surface area contributed by atoms with E-state index in [2.05, 4.69) is 9.88 Å². The Labute approximate surface area is 172 Å². The molecule has 0 unspecified atom stereocenters. The molecular weight excluding hydrogens is 384 g/mol. The summed E-state index contributed by atoms with van der Waals surface area (Å²) in [7, 11) is 0. The largest absolute Gasteiger partial charge is 0.507 e. The van der Waals surface area contributed by atoms with Crippen LogP contribution < -0.4 is 5.43 Å². The minimum absolute atomic E-state index is 0.0893. The molecule has 2 aromatic carbocycles. The summed E-state index contributed by atoms with van der Waals surface area (Å²) in [4.78, 5) is 20.5. The van der Waals surface area contributed by atoms with Crippen molar-refractivity contribution in [3.05, 3.63) is 57.4 Å². The van der Waals surface area contributed by atoms with E-state index in [4.69, 9.17) is 4.42 Å². The number of hydrogen-bond donors (Lipinski definition) is 1. The standard InChI is InChI=1S/C23H22N2O3S/c1-13-20(26)15(12-25-9-5-6-10-25)11-16-21(27)19(14(2)28-22(13)16)23-24-17-7-3-4-8-18(17)29-23/h3-4,7-8,11,26H,5-6,9-10,12H2,1-2H3. The van der Waals surface area contributed by atoms with E-state index in [-0.39, 0.29) is 11.2 Å². The van der Waals surface area contributed by atoms with Gasteiger partial charge in [-0.1, -0.05) is 12.1 Å². The number of hydrogen-bond acceptors (Lipinski definition) is 6. The topological polar surface area (TPSA) is 66.6 Å². The Kier molecular flexibility index (Phi) is 4.41. The van der Waals surface area contributed by atoms with Gasteiger partial charge in [-0.15, -0.1) is 11.3 Å². The number of para-hydroxylation sites is 1. The Hall–Kier alpha value is -2.70. The van der Waals surface area contributed by atoms with Gasteiger partial charge in [0.2, 0.25) is 5.43 Å². The van der Waals surface area contributed by atoms with E-state index in [0.29, 0.717) is 39.4 Å². The number of aryl methyl sites for hydroxylation is 2. The number of likely N-dealkylation sites (tertiary alicyclic amines) is 1. The summed E-state index contributed by atoms with van der Waals surface area (Å²) in [6.07, 6.45) is 2.35. The van der Waals surface area contributed by atoms with Crippen molar-refractivity contribution >= 4 is 32.5 Å². The van der Waals surface area contributed by atoms with Gasteiger partial charge in [0.05, 0.1) is 21.2 Å². The molecule has 1 N–H and O–H groups in total. The van der Waals surface area contributed by atoms with Crippen molar-refractivity contribution in [1.29, 1.82) is 0 Å². The fourth-order valence-electron chi connectivity index (χ4n) is 4.19. The normalized spacial score (nSPS) is 15.0. The van der Waals surface area contributed by atoms with Crippen LogP contribution in [0.2, 0.25) is 0 Å². The monoisotopic (exact) mass is 406 g/mol. The first kappa shape index (κ1) is 18.3. The molecule has 0 saturated carbocycles. The molecule has 1 aliphatic rings. The SMILES string of the molecule is Cc1oc2c(C)c(O)c(CN3CCCC3)cc2c(=O)c1-c1nc2ccccc2s1. The maximum atomic E-state index is 13.5. The highest BCUT2D eigenvalue weighted by molar-refractivity contribution is 7.21. The molecule has 0 bridgehead atoms. The van der Waals surface area contributed by atoms with Crippen LogP contribution in [-0.2, 0) is 6.54 Å². The average molecular weight is 407 g/mol. The molecular formula is C23H22N2O3S. The van der Waals surface area contributed by atoms with Crippen LogP contribution in [0.15, 0.2) is 39.5 Å². The molecule has 5 nitrogen and oxygen atoms in total. The first-order valence-corrected chi connectivity index (χ1v) is 10.7. The van der Waals surface area contributed by atoms with Gasteiger partial charge in [0.25, 0.3) is 0 Å². The van der Waals surface area contributed by atoms with Gasteiger partial charge in [0.1, 0.15) is 22.1 Å². The van der Waals surface area contributed by atoms with Gasteiger partial charge in [-0.3, -0.25) is 9.69 Å². The fraction of sp³-hybridized carbons (Fsp3) is 0.304. The molecule has 2 aromatic heterocycles. The average Bonchev–Trinajstić information content (AvgIpc) is 3.36. The molecule has 3 heterocycles. The number of rotatable bonds is 3. The minimum atomic E-state index is -0.0893. The summed E-state index contributed by atoms with van der Waals surface area (Å²) in [5.74, 6) is 0.746. The highest BCUT2D eigenvalue weighted by atomic mass is 32.1. The second kappa shape index (κ2) is 6.97. The summed E-state index contributed by atoms with van der Waals surface area (Å²) in [6, 6.07) is 9.67. The third-order valence-corrected chi connectivity index (χ3v) is 6.80. The predicted octanol–water partition coefficient (Wildman–Crippen LogP) is 4.99.